The summed E-state index contributed by atoms with van der Waals surface area (Å²) in [6, 6.07) is 9.62. The number of piperazine rings is 1. The van der Waals surface area contributed by atoms with Gasteiger partial charge in [-0.2, -0.15) is 5.26 Å². The lowest BCUT2D eigenvalue weighted by molar-refractivity contribution is -0.892. The van der Waals surface area contributed by atoms with Gasteiger partial charge in [0.15, 0.2) is 6.54 Å². The van der Waals surface area contributed by atoms with Crippen molar-refractivity contribution in [1.29, 1.82) is 5.26 Å². The molecule has 6 heteroatoms. The summed E-state index contributed by atoms with van der Waals surface area (Å²) in [4.78, 5) is 15.7. The highest BCUT2D eigenvalue weighted by Crippen LogP contribution is 2.39. The maximum Gasteiger partial charge on any atom is 0.276 e. The molecule has 0 radical (unpaired) electrons. The number of benzene rings is 1. The van der Waals surface area contributed by atoms with E-state index in [2.05, 4.69) is 16.3 Å². The second-order valence-corrected chi connectivity index (χ2v) is 7.04. The number of quaternary nitrogens is 1. The normalized spacial score (nSPS) is 20.9. The molecule has 1 amide bonds. The fourth-order valence-corrected chi connectivity index (χ4v) is 3.42. The van der Waals surface area contributed by atoms with Crippen molar-refractivity contribution in [2.75, 3.05) is 37.6 Å². The lowest BCUT2D eigenvalue weighted by Crippen LogP contribution is -3.16. The number of phenolic OH excluding ortho intramolecular Hbond substituents is 1. The lowest BCUT2D eigenvalue weighted by atomic mass is 9.98. The van der Waals surface area contributed by atoms with Gasteiger partial charge in [0.1, 0.15) is 11.3 Å². The molecule has 2 aliphatic rings. The number of para-hydroxylation sites is 2. The van der Waals surface area contributed by atoms with Gasteiger partial charge in [-0.15, -0.1) is 0 Å². The van der Waals surface area contributed by atoms with Crippen molar-refractivity contribution >= 4 is 11.6 Å². The average molecular weight is 329 g/mol. The zero-order chi connectivity index (χ0) is 17.2. The van der Waals surface area contributed by atoms with Crippen LogP contribution in [-0.2, 0) is 4.79 Å². The third-order valence-electron chi connectivity index (χ3n) is 5.13. The van der Waals surface area contributed by atoms with Crippen LogP contribution in [0.4, 0.5) is 5.69 Å². The van der Waals surface area contributed by atoms with E-state index in [-0.39, 0.29) is 5.91 Å². The highest BCUT2D eigenvalue weighted by molar-refractivity contribution is 5.78. The van der Waals surface area contributed by atoms with Gasteiger partial charge in [-0.25, -0.2) is 0 Å². The number of amides is 1. The molecule has 1 atom stereocenters. The minimum absolute atomic E-state index is 0.0445. The van der Waals surface area contributed by atoms with Crippen molar-refractivity contribution in [3.8, 4) is 11.8 Å². The van der Waals surface area contributed by atoms with Crippen molar-refractivity contribution in [1.82, 2.24) is 5.32 Å². The molecule has 3 N–H and O–H groups in total. The summed E-state index contributed by atoms with van der Waals surface area (Å²) in [5.74, 6) is 0.559. The first kappa shape index (κ1) is 16.6. The van der Waals surface area contributed by atoms with E-state index in [1.807, 2.05) is 25.1 Å². The van der Waals surface area contributed by atoms with Crippen LogP contribution in [0.25, 0.3) is 0 Å². The number of anilines is 1. The largest absolute Gasteiger partial charge is 0.506 e. The molecule has 2 fully saturated rings. The van der Waals surface area contributed by atoms with Crippen LogP contribution in [0.1, 0.15) is 19.8 Å². The summed E-state index contributed by atoms with van der Waals surface area (Å²) in [7, 11) is 0. The van der Waals surface area contributed by atoms with Gasteiger partial charge in [0.25, 0.3) is 5.91 Å². The van der Waals surface area contributed by atoms with Gasteiger partial charge in [-0.1, -0.05) is 12.1 Å². The second-order valence-electron chi connectivity index (χ2n) is 7.04. The van der Waals surface area contributed by atoms with E-state index in [1.165, 1.54) is 4.90 Å². The van der Waals surface area contributed by atoms with E-state index in [4.69, 9.17) is 0 Å². The highest BCUT2D eigenvalue weighted by atomic mass is 16.3. The number of hydrogen-bond donors (Lipinski definition) is 3. The molecule has 0 aromatic heterocycles. The number of aromatic hydroxyl groups is 1. The van der Waals surface area contributed by atoms with Crippen molar-refractivity contribution < 1.29 is 14.8 Å². The molecule has 0 bridgehead atoms. The van der Waals surface area contributed by atoms with Gasteiger partial charge >= 0.3 is 0 Å². The first-order valence-corrected chi connectivity index (χ1v) is 8.60. The summed E-state index contributed by atoms with van der Waals surface area (Å²) in [6.45, 7) is 5.52. The standard InChI is InChI=1S/C18H24N4O2/c1-18(13-19,14-6-7-14)20-17(24)12-21-8-10-22(11-9-21)15-4-2-3-5-16(15)23/h2-5,14,23H,6-12H2,1H3,(H,20,24)/p+1/t18-/m1/s1. The molecule has 1 aliphatic carbocycles. The first-order chi connectivity index (χ1) is 11.5. The zero-order valence-corrected chi connectivity index (χ0v) is 14.1. The molecule has 1 aromatic rings. The number of hydrogen-bond acceptors (Lipinski definition) is 4. The Morgan fingerprint density at radius 2 is 2.08 bits per heavy atom. The maximum atomic E-state index is 12.3. The minimum atomic E-state index is -0.714. The van der Waals surface area contributed by atoms with E-state index in [9.17, 15) is 15.2 Å². The lowest BCUT2D eigenvalue weighted by Gasteiger charge is -2.34. The molecule has 1 aromatic carbocycles. The van der Waals surface area contributed by atoms with Gasteiger partial charge < -0.3 is 20.2 Å². The first-order valence-electron chi connectivity index (χ1n) is 8.60. The number of carbonyl (C=O) groups is 1. The van der Waals surface area contributed by atoms with E-state index in [0.29, 0.717) is 18.2 Å². The number of nitrogens with zero attached hydrogens (tertiary/aromatic N) is 2. The smallest absolute Gasteiger partial charge is 0.276 e. The minimum Gasteiger partial charge on any atom is -0.506 e. The zero-order valence-electron chi connectivity index (χ0n) is 14.1. The van der Waals surface area contributed by atoms with Crippen molar-refractivity contribution in [2.24, 2.45) is 5.92 Å². The Hall–Kier alpha value is -2.26. The summed E-state index contributed by atoms with van der Waals surface area (Å²) in [6.07, 6.45) is 2.05. The summed E-state index contributed by atoms with van der Waals surface area (Å²) >= 11 is 0. The van der Waals surface area contributed by atoms with Gasteiger partial charge in [0.2, 0.25) is 0 Å². The van der Waals surface area contributed by atoms with E-state index < -0.39 is 5.54 Å². The molecule has 1 heterocycles. The van der Waals surface area contributed by atoms with Gasteiger partial charge in [-0.3, -0.25) is 4.79 Å². The van der Waals surface area contributed by atoms with Crippen LogP contribution in [0.3, 0.4) is 0 Å². The second kappa shape index (κ2) is 6.70. The summed E-state index contributed by atoms with van der Waals surface area (Å²) < 4.78 is 0. The Morgan fingerprint density at radius 1 is 1.42 bits per heavy atom. The Balaban J connectivity index is 1.50. The third-order valence-corrected chi connectivity index (χ3v) is 5.13. The maximum absolute atomic E-state index is 12.3. The monoisotopic (exact) mass is 329 g/mol. The van der Waals surface area contributed by atoms with E-state index in [1.54, 1.807) is 6.07 Å². The summed E-state index contributed by atoms with van der Waals surface area (Å²) in [5.41, 5.74) is 0.139. The molecule has 3 rings (SSSR count). The van der Waals surface area contributed by atoms with Crippen molar-refractivity contribution in [2.45, 2.75) is 25.3 Å². The number of nitriles is 1. The van der Waals surface area contributed by atoms with E-state index in [0.717, 1.165) is 44.7 Å². The number of phenols is 1. The molecule has 0 unspecified atom stereocenters. The molecule has 1 aliphatic heterocycles. The van der Waals surface area contributed by atoms with Crippen molar-refractivity contribution in [3.05, 3.63) is 24.3 Å². The molecule has 128 valence electrons. The predicted molar refractivity (Wildman–Crippen MR) is 90.8 cm³/mol. The molecular weight excluding hydrogens is 304 g/mol. The van der Waals surface area contributed by atoms with Crippen LogP contribution in [0.2, 0.25) is 0 Å². The highest BCUT2D eigenvalue weighted by Gasteiger charge is 2.43. The Labute approximate surface area is 142 Å². The molecular formula is C18H25N4O2+. The number of carbonyl (C=O) groups excluding carboxylic acids is 1. The molecule has 24 heavy (non-hydrogen) atoms. The van der Waals surface area contributed by atoms with E-state index >= 15 is 0 Å². The quantitative estimate of drug-likeness (QED) is 0.705. The SMILES string of the molecule is C[C@](C#N)(NC(=O)C[NH+]1CCN(c2ccccc2O)CC1)C1CC1. The topological polar surface area (TPSA) is 80.8 Å². The molecule has 6 nitrogen and oxygen atoms in total. The number of nitrogens with one attached hydrogen (secondary N) is 2. The Bertz CT molecular complexity index is 645. The van der Waals surface area contributed by atoms with Crippen LogP contribution in [-0.4, -0.2) is 49.3 Å². The van der Waals surface area contributed by atoms with Gasteiger partial charge in [0.05, 0.1) is 37.9 Å². The van der Waals surface area contributed by atoms with Crippen molar-refractivity contribution in [3.63, 3.8) is 0 Å². The fraction of sp³-hybridized carbons (Fsp3) is 0.556. The van der Waals surface area contributed by atoms with Crippen LogP contribution in [0, 0.1) is 17.2 Å². The molecule has 1 saturated heterocycles. The van der Waals surface area contributed by atoms with Crippen LogP contribution >= 0.6 is 0 Å². The van der Waals surface area contributed by atoms with Crippen LogP contribution in [0.5, 0.6) is 5.75 Å². The summed E-state index contributed by atoms with van der Waals surface area (Å²) in [5, 5.41) is 22.2. The predicted octanol–water partition coefficient (Wildman–Crippen LogP) is -0.0944. The number of rotatable bonds is 5. The average Bonchev–Trinajstić information content (AvgIpc) is 3.41. The van der Waals surface area contributed by atoms with Gasteiger partial charge in [-0.05, 0) is 37.8 Å². The molecule has 1 saturated carbocycles. The Kier molecular flexibility index (Phi) is 4.63. The van der Waals surface area contributed by atoms with Gasteiger partial charge in [0, 0.05) is 0 Å². The third kappa shape index (κ3) is 3.62. The van der Waals surface area contributed by atoms with Crippen LogP contribution in [0.15, 0.2) is 24.3 Å². The Morgan fingerprint density at radius 3 is 2.67 bits per heavy atom. The fourth-order valence-electron chi connectivity index (χ4n) is 3.42. The molecule has 0 spiro atoms. The van der Waals surface area contributed by atoms with Crippen LogP contribution < -0.4 is 15.1 Å².